The second-order valence-electron chi connectivity index (χ2n) is 3.26. The molecule has 17 heavy (non-hydrogen) atoms. The van der Waals surface area contributed by atoms with Gasteiger partial charge in [-0.15, -0.1) is 0 Å². The predicted octanol–water partition coefficient (Wildman–Crippen LogP) is 2.33. The Morgan fingerprint density at radius 3 is 2.53 bits per heavy atom. The molecule has 0 radical (unpaired) electrons. The van der Waals surface area contributed by atoms with Crippen LogP contribution in [0.4, 0.5) is 29.1 Å². The molecule has 96 valence electrons. The SMILES string of the molecule is Cc1nc(Cl)nc(NCC(F)(F)C(F)F)c1N. The van der Waals surface area contributed by atoms with Gasteiger partial charge in [-0.25, -0.2) is 13.8 Å². The van der Waals surface area contributed by atoms with Crippen molar-refractivity contribution in [2.75, 3.05) is 17.6 Å². The highest BCUT2D eigenvalue weighted by atomic mass is 35.5. The van der Waals surface area contributed by atoms with E-state index in [-0.39, 0.29) is 22.5 Å². The maximum Gasteiger partial charge on any atom is 0.324 e. The molecular weight excluding hydrogens is 264 g/mol. The van der Waals surface area contributed by atoms with Gasteiger partial charge < -0.3 is 11.1 Å². The van der Waals surface area contributed by atoms with Crippen LogP contribution in [0.2, 0.25) is 5.28 Å². The summed E-state index contributed by atoms with van der Waals surface area (Å²) >= 11 is 5.48. The molecule has 3 N–H and O–H groups in total. The largest absolute Gasteiger partial charge is 0.394 e. The van der Waals surface area contributed by atoms with Crippen LogP contribution in [0.5, 0.6) is 0 Å². The summed E-state index contributed by atoms with van der Waals surface area (Å²) in [5.74, 6) is -4.36. The van der Waals surface area contributed by atoms with E-state index < -0.39 is 18.9 Å². The predicted molar refractivity (Wildman–Crippen MR) is 55.6 cm³/mol. The zero-order valence-corrected chi connectivity index (χ0v) is 9.40. The number of alkyl halides is 4. The van der Waals surface area contributed by atoms with Crippen molar-refractivity contribution >= 4 is 23.1 Å². The van der Waals surface area contributed by atoms with Crippen LogP contribution in [0.15, 0.2) is 0 Å². The number of halogens is 5. The molecule has 0 aliphatic rings. The average molecular weight is 273 g/mol. The summed E-state index contributed by atoms with van der Waals surface area (Å²) in [4.78, 5) is 7.20. The number of anilines is 2. The molecule has 0 fully saturated rings. The Morgan fingerprint density at radius 1 is 1.41 bits per heavy atom. The standard InChI is InChI=1S/C8H9ClF4N4/c1-3-4(14)5(17-7(9)16-3)15-2-8(12,13)6(10)11/h6H,2,14H2,1H3,(H,15,16,17). The zero-order chi connectivity index (χ0) is 13.2. The van der Waals surface area contributed by atoms with Crippen LogP contribution in [-0.2, 0) is 0 Å². The van der Waals surface area contributed by atoms with Crippen LogP contribution in [0.1, 0.15) is 5.69 Å². The normalized spacial score (nSPS) is 11.9. The van der Waals surface area contributed by atoms with Gasteiger partial charge in [-0.1, -0.05) is 0 Å². The molecule has 1 aromatic rings. The maximum absolute atomic E-state index is 12.6. The van der Waals surface area contributed by atoms with Crippen molar-refractivity contribution in [2.45, 2.75) is 19.3 Å². The molecule has 1 aromatic heterocycles. The van der Waals surface area contributed by atoms with Gasteiger partial charge in [0.25, 0.3) is 0 Å². The van der Waals surface area contributed by atoms with E-state index in [2.05, 4.69) is 9.97 Å². The minimum absolute atomic E-state index is 0.0144. The summed E-state index contributed by atoms with van der Waals surface area (Å²) in [6.45, 7) is 0.195. The summed E-state index contributed by atoms with van der Waals surface area (Å²) < 4.78 is 49.1. The molecule has 4 nitrogen and oxygen atoms in total. The summed E-state index contributed by atoms with van der Waals surface area (Å²) in [6, 6.07) is 0. The number of nitrogens with two attached hydrogens (primary N) is 1. The Kier molecular flexibility index (Phi) is 3.97. The van der Waals surface area contributed by atoms with Crippen LogP contribution in [0, 0.1) is 6.92 Å². The number of aryl methyl sites for hydroxylation is 1. The molecule has 0 atom stereocenters. The molecule has 0 bridgehead atoms. The average Bonchev–Trinajstić information content (AvgIpc) is 2.21. The van der Waals surface area contributed by atoms with Gasteiger partial charge in [0.05, 0.1) is 17.9 Å². The van der Waals surface area contributed by atoms with Gasteiger partial charge in [-0.2, -0.15) is 13.8 Å². The maximum atomic E-state index is 12.6. The van der Waals surface area contributed by atoms with Gasteiger partial charge in [0.15, 0.2) is 5.82 Å². The van der Waals surface area contributed by atoms with Crippen molar-refractivity contribution in [3.8, 4) is 0 Å². The first-order chi connectivity index (χ1) is 7.74. The highest BCUT2D eigenvalue weighted by Gasteiger charge is 2.40. The number of nitrogens with one attached hydrogen (secondary N) is 1. The van der Waals surface area contributed by atoms with E-state index in [1.807, 2.05) is 5.32 Å². The summed E-state index contributed by atoms with van der Waals surface area (Å²) in [5, 5.41) is 1.82. The third-order valence-corrected chi connectivity index (χ3v) is 2.09. The van der Waals surface area contributed by atoms with E-state index in [0.29, 0.717) is 0 Å². The van der Waals surface area contributed by atoms with Crippen LogP contribution >= 0.6 is 11.6 Å². The monoisotopic (exact) mass is 272 g/mol. The molecule has 9 heteroatoms. The Balaban J connectivity index is 2.83. The van der Waals surface area contributed by atoms with Gasteiger partial charge in [-0.3, -0.25) is 0 Å². The smallest absolute Gasteiger partial charge is 0.324 e. The lowest BCUT2D eigenvalue weighted by atomic mass is 10.3. The first-order valence-corrected chi connectivity index (χ1v) is 4.81. The Bertz CT molecular complexity index is 413. The van der Waals surface area contributed by atoms with Crippen molar-refractivity contribution in [3.63, 3.8) is 0 Å². The Labute approximate surface area is 99.2 Å². The van der Waals surface area contributed by atoms with E-state index in [1.54, 1.807) is 0 Å². The molecule has 0 unspecified atom stereocenters. The minimum atomic E-state index is -4.17. The highest BCUT2D eigenvalue weighted by Crippen LogP contribution is 2.25. The minimum Gasteiger partial charge on any atom is -0.394 e. The van der Waals surface area contributed by atoms with Crippen LogP contribution in [0.3, 0.4) is 0 Å². The van der Waals surface area contributed by atoms with Gasteiger partial charge in [0, 0.05) is 0 Å². The molecule has 1 rings (SSSR count). The second-order valence-corrected chi connectivity index (χ2v) is 3.59. The number of hydrogen-bond acceptors (Lipinski definition) is 4. The fraction of sp³-hybridized carbons (Fsp3) is 0.500. The van der Waals surface area contributed by atoms with Crippen molar-refractivity contribution in [2.24, 2.45) is 0 Å². The van der Waals surface area contributed by atoms with Crippen molar-refractivity contribution in [1.82, 2.24) is 9.97 Å². The Morgan fingerprint density at radius 2 is 2.00 bits per heavy atom. The summed E-state index contributed by atoms with van der Waals surface area (Å²) in [7, 11) is 0. The molecule has 0 saturated heterocycles. The lowest BCUT2D eigenvalue weighted by Gasteiger charge is -2.17. The third kappa shape index (κ3) is 3.32. The van der Waals surface area contributed by atoms with E-state index in [0.717, 1.165) is 0 Å². The number of rotatable bonds is 4. The first kappa shape index (κ1) is 13.8. The quantitative estimate of drug-likeness (QED) is 0.652. The van der Waals surface area contributed by atoms with Crippen molar-refractivity contribution in [3.05, 3.63) is 11.0 Å². The topological polar surface area (TPSA) is 63.8 Å². The first-order valence-electron chi connectivity index (χ1n) is 4.43. The van der Waals surface area contributed by atoms with Gasteiger partial charge in [0.2, 0.25) is 5.28 Å². The Hall–Kier alpha value is -1.31. The van der Waals surface area contributed by atoms with Crippen LogP contribution in [0.25, 0.3) is 0 Å². The molecule has 0 amide bonds. The third-order valence-electron chi connectivity index (χ3n) is 1.92. The number of nitrogen functional groups attached to an aromatic ring is 1. The van der Waals surface area contributed by atoms with E-state index in [1.165, 1.54) is 6.92 Å². The molecule has 0 spiro atoms. The van der Waals surface area contributed by atoms with Gasteiger partial charge >= 0.3 is 12.3 Å². The number of hydrogen-bond donors (Lipinski definition) is 2. The lowest BCUT2D eigenvalue weighted by Crippen LogP contribution is -2.35. The molecular formula is C8H9ClF4N4. The van der Waals surface area contributed by atoms with Gasteiger partial charge in [-0.05, 0) is 18.5 Å². The van der Waals surface area contributed by atoms with E-state index in [9.17, 15) is 17.6 Å². The second kappa shape index (κ2) is 4.91. The molecule has 1 heterocycles. The van der Waals surface area contributed by atoms with E-state index >= 15 is 0 Å². The molecule has 0 aliphatic heterocycles. The van der Waals surface area contributed by atoms with Crippen molar-refractivity contribution in [1.29, 1.82) is 0 Å². The lowest BCUT2D eigenvalue weighted by molar-refractivity contribution is -0.117. The number of nitrogens with zero attached hydrogens (tertiary/aromatic N) is 2. The van der Waals surface area contributed by atoms with E-state index in [4.69, 9.17) is 17.3 Å². The number of aromatic nitrogens is 2. The molecule has 0 aromatic carbocycles. The van der Waals surface area contributed by atoms with Crippen molar-refractivity contribution < 1.29 is 17.6 Å². The highest BCUT2D eigenvalue weighted by molar-refractivity contribution is 6.28. The summed E-state index contributed by atoms with van der Waals surface area (Å²) in [6.07, 6.45) is -3.77. The molecule has 0 saturated carbocycles. The zero-order valence-electron chi connectivity index (χ0n) is 8.65. The fourth-order valence-corrected chi connectivity index (χ4v) is 1.17. The fourth-order valence-electron chi connectivity index (χ4n) is 0.961. The molecule has 0 aliphatic carbocycles. The van der Waals surface area contributed by atoms with Crippen LogP contribution in [-0.4, -0.2) is 28.9 Å². The summed E-state index contributed by atoms with van der Waals surface area (Å²) in [5.41, 5.74) is 5.74. The van der Waals surface area contributed by atoms with Gasteiger partial charge in [0.1, 0.15) is 0 Å². The van der Waals surface area contributed by atoms with Crippen LogP contribution < -0.4 is 11.1 Å².